The van der Waals surface area contributed by atoms with Crippen molar-refractivity contribution in [2.75, 3.05) is 32.8 Å². The molecule has 1 aliphatic rings. The zero-order chi connectivity index (χ0) is 32.5. The van der Waals surface area contributed by atoms with E-state index in [1.54, 1.807) is 0 Å². The minimum Gasteiger partial charge on any atom is -0.493 e. The number of alkyl halides is 9. The van der Waals surface area contributed by atoms with Crippen molar-refractivity contribution >= 4 is 17.9 Å². The van der Waals surface area contributed by atoms with E-state index in [4.69, 9.17) is 14.2 Å². The van der Waals surface area contributed by atoms with Crippen molar-refractivity contribution in [3.8, 4) is 11.5 Å². The van der Waals surface area contributed by atoms with E-state index < -0.39 is 72.6 Å². The molecule has 1 heterocycles. The molecule has 3 rings (SSSR count). The number of anilines is 1. The molecule has 0 aromatic heterocycles. The summed E-state index contributed by atoms with van der Waals surface area (Å²) in [4.78, 5) is 27.5. The highest BCUT2D eigenvalue weighted by molar-refractivity contribution is 5.91. The van der Waals surface area contributed by atoms with E-state index in [1.165, 1.54) is 33.3 Å². The lowest BCUT2D eigenvalue weighted by molar-refractivity contribution is -0.159. The SMILES string of the molecule is COC(=O)N(Cc1cc(C(F)(F)F)cc(C(F)(F)F)c1)C1CC(C)N(C(=O)OCC(F)(F)F)c2cc(OC)c(OC)cc21. The molecule has 0 aliphatic carbocycles. The molecular weight excluding hydrogens is 607 g/mol. The van der Waals surface area contributed by atoms with Gasteiger partial charge < -0.3 is 18.9 Å². The van der Waals surface area contributed by atoms with Crippen LogP contribution in [0.2, 0.25) is 0 Å². The number of hydrogen-bond acceptors (Lipinski definition) is 6. The fraction of sp³-hybridized carbons (Fsp3) is 0.462. The van der Waals surface area contributed by atoms with Crippen LogP contribution in [0.25, 0.3) is 0 Å². The van der Waals surface area contributed by atoms with Gasteiger partial charge in [0.05, 0.1) is 44.2 Å². The van der Waals surface area contributed by atoms with Crippen LogP contribution < -0.4 is 14.4 Å². The number of rotatable bonds is 6. The molecule has 238 valence electrons. The third-order valence-electron chi connectivity index (χ3n) is 6.50. The second-order valence-electron chi connectivity index (χ2n) is 9.42. The number of carbonyl (C=O) groups excluding carboxylic acids is 2. The van der Waals surface area contributed by atoms with E-state index in [0.717, 1.165) is 16.9 Å². The second-order valence-corrected chi connectivity index (χ2v) is 9.42. The molecule has 8 nitrogen and oxygen atoms in total. The summed E-state index contributed by atoms with van der Waals surface area (Å²) in [5, 5.41) is 0. The van der Waals surface area contributed by atoms with E-state index in [2.05, 4.69) is 4.74 Å². The summed E-state index contributed by atoms with van der Waals surface area (Å²) in [5.74, 6) is 0.0488. The van der Waals surface area contributed by atoms with Gasteiger partial charge in [-0.15, -0.1) is 0 Å². The van der Waals surface area contributed by atoms with Crippen molar-refractivity contribution in [3.05, 3.63) is 52.6 Å². The van der Waals surface area contributed by atoms with Crippen LogP contribution in [0.5, 0.6) is 11.5 Å². The lowest BCUT2D eigenvalue weighted by Gasteiger charge is -2.42. The summed E-state index contributed by atoms with van der Waals surface area (Å²) in [6.07, 6.45) is -18.0. The highest BCUT2D eigenvalue weighted by Crippen LogP contribution is 2.47. The third-order valence-corrected chi connectivity index (χ3v) is 6.50. The smallest absolute Gasteiger partial charge is 0.422 e. The molecule has 0 saturated heterocycles. The Morgan fingerprint density at radius 3 is 1.86 bits per heavy atom. The van der Waals surface area contributed by atoms with Crippen LogP contribution in [0.4, 0.5) is 54.8 Å². The molecule has 0 spiro atoms. The quantitative estimate of drug-likeness (QED) is 0.310. The van der Waals surface area contributed by atoms with Crippen molar-refractivity contribution in [2.45, 2.75) is 50.5 Å². The van der Waals surface area contributed by atoms with Gasteiger partial charge in [-0.3, -0.25) is 9.80 Å². The first-order valence-electron chi connectivity index (χ1n) is 12.2. The Balaban J connectivity index is 2.18. The van der Waals surface area contributed by atoms with Gasteiger partial charge in [0.2, 0.25) is 0 Å². The monoisotopic (exact) mass is 632 g/mol. The van der Waals surface area contributed by atoms with Crippen LogP contribution in [0, 0.1) is 0 Å². The fourth-order valence-corrected chi connectivity index (χ4v) is 4.67. The normalized spacial score (nSPS) is 17.2. The average Bonchev–Trinajstić information content (AvgIpc) is 2.91. The molecule has 0 radical (unpaired) electrons. The van der Waals surface area contributed by atoms with Crippen LogP contribution in [-0.4, -0.2) is 57.2 Å². The minimum atomic E-state index is -5.15. The maximum Gasteiger partial charge on any atom is 0.422 e. The first kappa shape index (κ1) is 33.5. The Labute approximate surface area is 238 Å². The molecule has 2 aromatic carbocycles. The maximum atomic E-state index is 13.5. The topological polar surface area (TPSA) is 77.5 Å². The average molecular weight is 632 g/mol. The van der Waals surface area contributed by atoms with Gasteiger partial charge in [-0.25, -0.2) is 9.59 Å². The summed E-state index contributed by atoms with van der Waals surface area (Å²) in [6, 6.07) is 1.14. The standard InChI is InChI=1S/C26H25F9N2O6/c1-13-5-18(17-9-20(40-2)21(41-3)10-19(17)37(13)23(39)43-12-24(27,28)29)36(22(38)42-4)11-14-6-15(25(30,31)32)8-16(7-14)26(33,34)35/h6-10,13,18H,5,11-12H2,1-4H3. The van der Waals surface area contributed by atoms with Crippen molar-refractivity contribution in [1.82, 2.24) is 4.90 Å². The first-order valence-corrected chi connectivity index (χ1v) is 12.2. The third kappa shape index (κ3) is 7.67. The molecule has 2 atom stereocenters. The zero-order valence-electron chi connectivity index (χ0n) is 22.9. The van der Waals surface area contributed by atoms with Crippen molar-refractivity contribution in [1.29, 1.82) is 0 Å². The van der Waals surface area contributed by atoms with E-state index in [-0.39, 0.29) is 35.2 Å². The Morgan fingerprint density at radius 2 is 1.40 bits per heavy atom. The molecule has 2 unspecified atom stereocenters. The molecule has 0 N–H and O–H groups in total. The molecule has 0 fully saturated rings. The van der Waals surface area contributed by atoms with Crippen LogP contribution in [0.15, 0.2) is 30.3 Å². The van der Waals surface area contributed by atoms with Crippen molar-refractivity contribution < 1.29 is 68.1 Å². The molecule has 43 heavy (non-hydrogen) atoms. The second kappa shape index (κ2) is 12.3. The number of methoxy groups -OCH3 is 3. The number of nitrogens with zero attached hydrogens (tertiary/aromatic N) is 2. The largest absolute Gasteiger partial charge is 0.493 e. The van der Waals surface area contributed by atoms with Gasteiger partial charge in [0, 0.05) is 24.2 Å². The highest BCUT2D eigenvalue weighted by Gasteiger charge is 2.42. The van der Waals surface area contributed by atoms with Gasteiger partial charge in [0.15, 0.2) is 18.1 Å². The van der Waals surface area contributed by atoms with Gasteiger partial charge in [0.25, 0.3) is 0 Å². The molecule has 17 heteroatoms. The number of hydrogen-bond donors (Lipinski definition) is 0. The molecule has 2 aromatic rings. The molecule has 1 aliphatic heterocycles. The predicted octanol–water partition coefficient (Wildman–Crippen LogP) is 7.35. The number of benzene rings is 2. The summed E-state index contributed by atoms with van der Waals surface area (Å²) < 4.78 is 139. The number of carbonyl (C=O) groups is 2. The summed E-state index contributed by atoms with van der Waals surface area (Å²) >= 11 is 0. The minimum absolute atomic E-state index is 0.0139. The lowest BCUT2D eigenvalue weighted by Crippen LogP contribution is -2.48. The molecule has 0 saturated carbocycles. The molecular formula is C26H25F9N2O6. The van der Waals surface area contributed by atoms with Crippen LogP contribution in [-0.2, 0) is 28.4 Å². The first-order chi connectivity index (χ1) is 19.8. The Bertz CT molecular complexity index is 1310. The van der Waals surface area contributed by atoms with E-state index in [0.29, 0.717) is 12.1 Å². The van der Waals surface area contributed by atoms with Gasteiger partial charge in [-0.05, 0) is 43.2 Å². The van der Waals surface area contributed by atoms with Crippen molar-refractivity contribution in [2.24, 2.45) is 0 Å². The predicted molar refractivity (Wildman–Crippen MR) is 131 cm³/mol. The highest BCUT2D eigenvalue weighted by atomic mass is 19.4. The number of amides is 2. The number of ether oxygens (including phenoxy) is 4. The lowest BCUT2D eigenvalue weighted by atomic mass is 9.90. The molecule has 0 bridgehead atoms. The van der Waals surface area contributed by atoms with Crippen LogP contribution >= 0.6 is 0 Å². The van der Waals surface area contributed by atoms with Gasteiger partial charge in [-0.1, -0.05) is 0 Å². The summed E-state index contributed by atoms with van der Waals surface area (Å²) in [6.45, 7) is -1.33. The van der Waals surface area contributed by atoms with Gasteiger partial charge in [0.1, 0.15) is 0 Å². The summed E-state index contributed by atoms with van der Waals surface area (Å²) in [7, 11) is 3.40. The maximum absolute atomic E-state index is 13.5. The number of fused-ring (bicyclic) bond motifs is 1. The van der Waals surface area contributed by atoms with E-state index >= 15 is 0 Å². The van der Waals surface area contributed by atoms with E-state index in [1.807, 2.05) is 0 Å². The van der Waals surface area contributed by atoms with Gasteiger partial charge >= 0.3 is 30.7 Å². The van der Waals surface area contributed by atoms with Crippen LogP contribution in [0.1, 0.15) is 41.6 Å². The Morgan fingerprint density at radius 1 is 0.860 bits per heavy atom. The molecule has 2 amide bonds. The zero-order valence-corrected chi connectivity index (χ0v) is 22.9. The Hall–Kier alpha value is -4.05. The van der Waals surface area contributed by atoms with Crippen molar-refractivity contribution in [3.63, 3.8) is 0 Å². The Kier molecular flexibility index (Phi) is 9.56. The summed E-state index contributed by atoms with van der Waals surface area (Å²) in [5.41, 5.74) is -3.83. The fourth-order valence-electron chi connectivity index (χ4n) is 4.67. The van der Waals surface area contributed by atoms with Gasteiger partial charge in [-0.2, -0.15) is 39.5 Å². The van der Waals surface area contributed by atoms with Crippen LogP contribution in [0.3, 0.4) is 0 Å². The van der Waals surface area contributed by atoms with E-state index in [9.17, 15) is 49.1 Å². The number of halogens is 9.